The lowest BCUT2D eigenvalue weighted by Gasteiger charge is -2.32. The van der Waals surface area contributed by atoms with Crippen LogP contribution in [0, 0.1) is 6.92 Å². The predicted molar refractivity (Wildman–Crippen MR) is 100 cm³/mol. The fourth-order valence-electron chi connectivity index (χ4n) is 3.74. The first-order chi connectivity index (χ1) is 13.0. The quantitative estimate of drug-likeness (QED) is 0.701. The molecular weight excluding hydrogens is 344 g/mol. The van der Waals surface area contributed by atoms with Crippen LogP contribution >= 0.6 is 0 Å². The number of benzene rings is 1. The molecule has 0 fully saturated rings. The van der Waals surface area contributed by atoms with Crippen molar-refractivity contribution in [1.29, 1.82) is 0 Å². The summed E-state index contributed by atoms with van der Waals surface area (Å²) in [4.78, 5) is 31.3. The molecule has 0 saturated carbocycles. The molecule has 0 N–H and O–H groups in total. The van der Waals surface area contributed by atoms with Crippen LogP contribution in [0.15, 0.2) is 35.4 Å². The Bertz CT molecular complexity index is 1050. The van der Waals surface area contributed by atoms with Gasteiger partial charge in [-0.05, 0) is 32.4 Å². The summed E-state index contributed by atoms with van der Waals surface area (Å²) >= 11 is 0. The first-order valence-corrected chi connectivity index (χ1v) is 9.17. The van der Waals surface area contributed by atoms with Gasteiger partial charge in [0.15, 0.2) is 5.82 Å². The minimum atomic E-state index is -0.0665. The summed E-state index contributed by atoms with van der Waals surface area (Å²) in [6.07, 6.45) is 2.54. The number of rotatable bonds is 4. The Morgan fingerprint density at radius 3 is 2.93 bits per heavy atom. The summed E-state index contributed by atoms with van der Waals surface area (Å²) < 4.78 is 3.67. The number of hydrogen-bond acceptors (Lipinski definition) is 5. The van der Waals surface area contributed by atoms with E-state index in [2.05, 4.69) is 26.7 Å². The second-order valence-electron chi connectivity index (χ2n) is 7.02. The molecule has 0 spiro atoms. The van der Waals surface area contributed by atoms with Crippen LogP contribution < -0.4 is 5.56 Å². The number of para-hydroxylation sites is 1. The van der Waals surface area contributed by atoms with E-state index in [0.717, 1.165) is 11.6 Å². The van der Waals surface area contributed by atoms with Gasteiger partial charge in [0.05, 0.1) is 29.8 Å². The van der Waals surface area contributed by atoms with Gasteiger partial charge in [-0.1, -0.05) is 12.1 Å². The van der Waals surface area contributed by atoms with Gasteiger partial charge in [0, 0.05) is 19.5 Å². The van der Waals surface area contributed by atoms with E-state index in [1.807, 2.05) is 30.0 Å². The van der Waals surface area contributed by atoms with E-state index in [0.29, 0.717) is 43.4 Å². The van der Waals surface area contributed by atoms with E-state index < -0.39 is 0 Å². The highest BCUT2D eigenvalue weighted by molar-refractivity contribution is 5.77. The third-order valence-corrected chi connectivity index (χ3v) is 5.07. The molecule has 0 bridgehead atoms. The van der Waals surface area contributed by atoms with E-state index in [-0.39, 0.29) is 17.5 Å². The number of hydrogen-bond donors (Lipinski definition) is 0. The highest BCUT2D eigenvalue weighted by Crippen LogP contribution is 2.21. The van der Waals surface area contributed by atoms with Crippen molar-refractivity contribution in [3.63, 3.8) is 0 Å². The topological polar surface area (TPSA) is 85.9 Å². The molecule has 4 rings (SSSR count). The van der Waals surface area contributed by atoms with Crippen molar-refractivity contribution < 1.29 is 4.79 Å². The molecule has 0 saturated heterocycles. The minimum Gasteiger partial charge on any atom is -0.333 e. The van der Waals surface area contributed by atoms with E-state index in [9.17, 15) is 9.59 Å². The lowest BCUT2D eigenvalue weighted by molar-refractivity contribution is -0.133. The second-order valence-corrected chi connectivity index (χ2v) is 7.02. The zero-order valence-electron chi connectivity index (χ0n) is 15.5. The van der Waals surface area contributed by atoms with Gasteiger partial charge in [0.1, 0.15) is 5.82 Å². The Hall–Kier alpha value is -3.03. The maximum Gasteiger partial charge on any atom is 0.261 e. The van der Waals surface area contributed by atoms with Crippen molar-refractivity contribution in [2.24, 2.45) is 0 Å². The van der Waals surface area contributed by atoms with Crippen molar-refractivity contribution in [1.82, 2.24) is 29.2 Å². The van der Waals surface area contributed by atoms with E-state index >= 15 is 0 Å². The first-order valence-electron chi connectivity index (χ1n) is 9.17. The molecule has 1 amide bonds. The zero-order chi connectivity index (χ0) is 19.0. The molecule has 140 valence electrons. The number of amides is 1. The number of fused-ring (bicyclic) bond motifs is 2. The minimum absolute atomic E-state index is 0.0665. The molecular formula is C19H22N6O2. The molecule has 3 heterocycles. The molecule has 8 heteroatoms. The maximum absolute atomic E-state index is 12.6. The SMILES string of the molecule is Cc1nnc2n1[C@H](C)CN(C(=O)CCCn1cnc3ccccc3c1=O)C2. The standard InChI is InChI=1S/C19H22N6O2/c1-13-10-24(11-17-22-21-14(2)25(13)17)18(26)8-5-9-23-12-20-16-7-4-3-6-15(16)19(23)27/h3-4,6-7,12-13H,5,8-11H2,1-2H3/t13-/m1/s1. The lowest BCUT2D eigenvalue weighted by Crippen LogP contribution is -2.40. The normalized spacial score (nSPS) is 16.5. The third kappa shape index (κ3) is 3.22. The van der Waals surface area contributed by atoms with Crippen LogP contribution in [0.1, 0.15) is 37.5 Å². The average Bonchev–Trinajstić information content (AvgIpc) is 3.05. The third-order valence-electron chi connectivity index (χ3n) is 5.07. The highest BCUT2D eigenvalue weighted by atomic mass is 16.2. The largest absolute Gasteiger partial charge is 0.333 e. The van der Waals surface area contributed by atoms with Crippen molar-refractivity contribution in [3.8, 4) is 0 Å². The van der Waals surface area contributed by atoms with Gasteiger partial charge in [-0.15, -0.1) is 10.2 Å². The molecule has 2 aromatic heterocycles. The Morgan fingerprint density at radius 1 is 1.26 bits per heavy atom. The summed E-state index contributed by atoms with van der Waals surface area (Å²) in [6, 6.07) is 7.46. The molecule has 1 aliphatic heterocycles. The van der Waals surface area contributed by atoms with Crippen LogP contribution in [0.4, 0.5) is 0 Å². The van der Waals surface area contributed by atoms with Gasteiger partial charge < -0.3 is 9.47 Å². The summed E-state index contributed by atoms with van der Waals surface area (Å²) in [5.41, 5.74) is 0.625. The van der Waals surface area contributed by atoms with Crippen LogP contribution in [0.25, 0.3) is 10.9 Å². The smallest absolute Gasteiger partial charge is 0.261 e. The number of carbonyl (C=O) groups excluding carboxylic acids is 1. The summed E-state index contributed by atoms with van der Waals surface area (Å²) in [7, 11) is 0. The summed E-state index contributed by atoms with van der Waals surface area (Å²) in [5, 5.41) is 8.88. The number of carbonyl (C=O) groups is 1. The Kier molecular flexibility index (Phi) is 4.47. The van der Waals surface area contributed by atoms with Crippen molar-refractivity contribution in [2.75, 3.05) is 6.54 Å². The lowest BCUT2D eigenvalue weighted by atomic mass is 10.2. The summed E-state index contributed by atoms with van der Waals surface area (Å²) in [6.45, 7) is 5.62. The van der Waals surface area contributed by atoms with Crippen molar-refractivity contribution in [3.05, 3.63) is 52.6 Å². The Labute approximate surface area is 156 Å². The monoisotopic (exact) mass is 366 g/mol. The molecule has 8 nitrogen and oxygen atoms in total. The molecule has 1 atom stereocenters. The molecule has 0 radical (unpaired) electrons. The molecule has 1 aliphatic rings. The number of nitrogens with zero attached hydrogens (tertiary/aromatic N) is 6. The molecule has 0 unspecified atom stereocenters. The predicted octanol–water partition coefficient (Wildman–Crippen LogP) is 1.68. The maximum atomic E-state index is 12.6. The van der Waals surface area contributed by atoms with Gasteiger partial charge in [-0.2, -0.15) is 0 Å². The van der Waals surface area contributed by atoms with Gasteiger partial charge in [-0.25, -0.2) is 4.98 Å². The Balaban J connectivity index is 1.39. The average molecular weight is 366 g/mol. The zero-order valence-corrected chi connectivity index (χ0v) is 15.5. The molecule has 1 aromatic carbocycles. The van der Waals surface area contributed by atoms with Gasteiger partial charge in [0.25, 0.3) is 5.56 Å². The fourth-order valence-corrected chi connectivity index (χ4v) is 3.74. The fraction of sp³-hybridized carbons (Fsp3) is 0.421. The highest BCUT2D eigenvalue weighted by Gasteiger charge is 2.27. The van der Waals surface area contributed by atoms with Crippen molar-refractivity contribution in [2.45, 2.75) is 45.8 Å². The molecule has 27 heavy (non-hydrogen) atoms. The van der Waals surface area contributed by atoms with Gasteiger partial charge in [0.2, 0.25) is 5.91 Å². The molecule has 3 aromatic rings. The van der Waals surface area contributed by atoms with Crippen LogP contribution in [-0.2, 0) is 17.9 Å². The molecule has 0 aliphatic carbocycles. The number of aryl methyl sites for hydroxylation is 2. The first kappa shape index (κ1) is 17.4. The van der Waals surface area contributed by atoms with Crippen LogP contribution in [0.3, 0.4) is 0 Å². The number of aromatic nitrogens is 5. The van der Waals surface area contributed by atoms with Crippen LogP contribution in [0.5, 0.6) is 0 Å². The van der Waals surface area contributed by atoms with Crippen molar-refractivity contribution >= 4 is 16.8 Å². The second kappa shape index (κ2) is 6.94. The van der Waals surface area contributed by atoms with E-state index in [1.54, 1.807) is 17.0 Å². The van der Waals surface area contributed by atoms with Gasteiger partial charge in [-0.3, -0.25) is 14.2 Å². The Morgan fingerprint density at radius 2 is 2.07 bits per heavy atom. The van der Waals surface area contributed by atoms with E-state index in [4.69, 9.17) is 0 Å². The van der Waals surface area contributed by atoms with Crippen LogP contribution in [0.2, 0.25) is 0 Å². The summed E-state index contributed by atoms with van der Waals surface area (Å²) in [5.74, 6) is 1.79. The van der Waals surface area contributed by atoms with Crippen LogP contribution in [-0.4, -0.2) is 41.7 Å². The van der Waals surface area contributed by atoms with Gasteiger partial charge >= 0.3 is 0 Å². The van der Waals surface area contributed by atoms with E-state index in [1.165, 1.54) is 0 Å².